The van der Waals surface area contributed by atoms with Crippen LogP contribution in [0.15, 0.2) is 47.6 Å². The highest BCUT2D eigenvalue weighted by atomic mass is 35.5. The number of ether oxygens (including phenoxy) is 1. The summed E-state index contributed by atoms with van der Waals surface area (Å²) < 4.78 is 7.73. The highest BCUT2D eigenvalue weighted by molar-refractivity contribution is 7.98. The van der Waals surface area contributed by atoms with Gasteiger partial charge in [-0.05, 0) is 48.4 Å². The monoisotopic (exact) mass is 393 g/mol. The van der Waals surface area contributed by atoms with Crippen molar-refractivity contribution in [1.82, 2.24) is 14.8 Å². The van der Waals surface area contributed by atoms with Gasteiger partial charge in [0.1, 0.15) is 12.4 Å². The van der Waals surface area contributed by atoms with Crippen LogP contribution in [0.5, 0.6) is 5.75 Å². The van der Waals surface area contributed by atoms with Crippen molar-refractivity contribution >= 4 is 35.0 Å². The zero-order chi connectivity index (χ0) is 17.8. The molecule has 0 spiro atoms. The number of hydrogen-bond donors (Lipinski definition) is 0. The molecule has 4 nitrogen and oxygen atoms in total. The Morgan fingerprint density at radius 3 is 2.72 bits per heavy atom. The van der Waals surface area contributed by atoms with E-state index in [9.17, 15) is 0 Å². The molecule has 0 aliphatic heterocycles. The maximum Gasteiger partial charge on any atom is 0.191 e. The van der Waals surface area contributed by atoms with E-state index in [1.165, 1.54) is 0 Å². The second-order valence-electron chi connectivity index (χ2n) is 5.58. The van der Waals surface area contributed by atoms with E-state index in [4.69, 9.17) is 27.9 Å². The highest BCUT2D eigenvalue weighted by Gasteiger charge is 2.10. The molecule has 0 radical (unpaired) electrons. The maximum atomic E-state index is 6.03. The van der Waals surface area contributed by atoms with Crippen molar-refractivity contribution < 1.29 is 4.74 Å². The summed E-state index contributed by atoms with van der Waals surface area (Å²) in [7, 11) is 1.94. The van der Waals surface area contributed by atoms with E-state index in [1.807, 2.05) is 61.0 Å². The minimum atomic E-state index is 0.350. The van der Waals surface area contributed by atoms with Crippen molar-refractivity contribution in [3.63, 3.8) is 0 Å². The van der Waals surface area contributed by atoms with Crippen molar-refractivity contribution in [2.24, 2.45) is 7.05 Å². The number of aromatic nitrogens is 3. The summed E-state index contributed by atoms with van der Waals surface area (Å²) >= 11 is 13.7. The largest absolute Gasteiger partial charge is 0.486 e. The van der Waals surface area contributed by atoms with Crippen molar-refractivity contribution in [3.8, 4) is 5.75 Å². The molecule has 0 atom stereocenters. The van der Waals surface area contributed by atoms with Crippen LogP contribution >= 0.6 is 35.0 Å². The van der Waals surface area contributed by atoms with Gasteiger partial charge in [-0.15, -0.1) is 10.2 Å². The summed E-state index contributed by atoms with van der Waals surface area (Å²) in [5, 5.41) is 10.8. The topological polar surface area (TPSA) is 39.9 Å². The fraction of sp³-hybridized carbons (Fsp3) is 0.222. The van der Waals surface area contributed by atoms with E-state index >= 15 is 0 Å². The average Bonchev–Trinajstić information content (AvgIpc) is 2.94. The lowest BCUT2D eigenvalue weighted by atomic mass is 10.2. The minimum absolute atomic E-state index is 0.350. The van der Waals surface area contributed by atoms with Gasteiger partial charge in [-0.1, -0.05) is 47.1 Å². The van der Waals surface area contributed by atoms with Gasteiger partial charge in [0, 0.05) is 22.8 Å². The van der Waals surface area contributed by atoms with Crippen molar-refractivity contribution in [2.75, 3.05) is 0 Å². The summed E-state index contributed by atoms with van der Waals surface area (Å²) in [5.74, 6) is 2.31. The molecular formula is C18H17Cl2N3OS. The Hall–Kier alpha value is -1.69. The molecule has 7 heteroatoms. The van der Waals surface area contributed by atoms with E-state index in [2.05, 4.69) is 10.2 Å². The predicted octanol–water partition coefficient (Wildman–Crippen LogP) is 5.30. The fourth-order valence-corrected chi connectivity index (χ4v) is 3.43. The van der Waals surface area contributed by atoms with E-state index in [1.54, 1.807) is 11.8 Å². The Bertz CT molecular complexity index is 883. The summed E-state index contributed by atoms with van der Waals surface area (Å²) in [5.41, 5.74) is 2.13. The lowest BCUT2D eigenvalue weighted by Crippen LogP contribution is -2.04. The summed E-state index contributed by atoms with van der Waals surface area (Å²) in [6, 6.07) is 13.4. The van der Waals surface area contributed by atoms with Gasteiger partial charge in [-0.3, -0.25) is 0 Å². The smallest absolute Gasteiger partial charge is 0.191 e. The Morgan fingerprint density at radius 1 is 1.12 bits per heavy atom. The molecule has 1 heterocycles. The normalized spacial score (nSPS) is 10.9. The number of aryl methyl sites for hydroxylation is 1. The van der Waals surface area contributed by atoms with Crippen molar-refractivity contribution in [3.05, 3.63) is 69.5 Å². The van der Waals surface area contributed by atoms with Crippen LogP contribution in [0.3, 0.4) is 0 Å². The molecule has 0 fully saturated rings. The number of halogens is 2. The molecule has 0 aliphatic rings. The van der Waals surface area contributed by atoms with Crippen LogP contribution in [-0.4, -0.2) is 14.8 Å². The van der Waals surface area contributed by atoms with E-state index in [-0.39, 0.29) is 0 Å². The SMILES string of the molecule is Cc1cc(OCc2nnc(SCc3cccc(Cl)c3)n2C)ccc1Cl. The maximum absolute atomic E-state index is 6.03. The Labute approximate surface area is 161 Å². The molecule has 3 rings (SSSR count). The lowest BCUT2D eigenvalue weighted by Gasteiger charge is -2.08. The van der Waals surface area contributed by atoms with E-state index in [0.717, 1.165) is 43.7 Å². The van der Waals surface area contributed by atoms with Gasteiger partial charge in [0.15, 0.2) is 11.0 Å². The number of thioether (sulfide) groups is 1. The summed E-state index contributed by atoms with van der Waals surface area (Å²) in [6.45, 7) is 2.30. The standard InChI is InChI=1S/C18H17Cl2N3OS/c1-12-8-15(6-7-16(12)20)24-10-17-21-22-18(23(17)2)25-11-13-4-3-5-14(19)9-13/h3-9H,10-11H2,1-2H3. The van der Waals surface area contributed by atoms with Crippen LogP contribution in [0.25, 0.3) is 0 Å². The van der Waals surface area contributed by atoms with Crippen LogP contribution in [0.1, 0.15) is 17.0 Å². The molecule has 3 aromatic rings. The third-order valence-electron chi connectivity index (χ3n) is 3.68. The van der Waals surface area contributed by atoms with Crippen molar-refractivity contribution in [2.45, 2.75) is 24.4 Å². The molecule has 0 amide bonds. The second-order valence-corrected chi connectivity index (χ2v) is 7.36. The van der Waals surface area contributed by atoms with E-state index < -0.39 is 0 Å². The predicted molar refractivity (Wildman–Crippen MR) is 103 cm³/mol. The zero-order valence-electron chi connectivity index (χ0n) is 13.9. The van der Waals surface area contributed by atoms with Crippen LogP contribution in [0.2, 0.25) is 10.0 Å². The molecule has 2 aromatic carbocycles. The van der Waals surface area contributed by atoms with Gasteiger partial charge in [0.25, 0.3) is 0 Å². The van der Waals surface area contributed by atoms with Crippen LogP contribution < -0.4 is 4.74 Å². The Balaban J connectivity index is 1.61. The summed E-state index contributed by atoms with van der Waals surface area (Å²) in [4.78, 5) is 0. The third kappa shape index (κ3) is 4.69. The molecule has 0 saturated heterocycles. The number of nitrogens with zero attached hydrogens (tertiary/aromatic N) is 3. The minimum Gasteiger partial charge on any atom is -0.486 e. The molecular weight excluding hydrogens is 377 g/mol. The molecule has 1 aromatic heterocycles. The molecule has 0 bridgehead atoms. The molecule has 130 valence electrons. The molecule has 0 saturated carbocycles. The first-order chi connectivity index (χ1) is 12.0. The number of rotatable bonds is 6. The van der Waals surface area contributed by atoms with Gasteiger partial charge in [-0.25, -0.2) is 0 Å². The van der Waals surface area contributed by atoms with Crippen LogP contribution in [-0.2, 0) is 19.4 Å². The van der Waals surface area contributed by atoms with E-state index in [0.29, 0.717) is 6.61 Å². The number of hydrogen-bond acceptors (Lipinski definition) is 4. The quantitative estimate of drug-likeness (QED) is 0.532. The Morgan fingerprint density at radius 2 is 1.96 bits per heavy atom. The molecule has 0 N–H and O–H groups in total. The number of benzene rings is 2. The molecule has 0 aliphatic carbocycles. The third-order valence-corrected chi connectivity index (χ3v) is 5.43. The van der Waals surface area contributed by atoms with Crippen LogP contribution in [0.4, 0.5) is 0 Å². The van der Waals surface area contributed by atoms with Crippen molar-refractivity contribution in [1.29, 1.82) is 0 Å². The van der Waals surface area contributed by atoms with Gasteiger partial charge in [0.2, 0.25) is 0 Å². The highest BCUT2D eigenvalue weighted by Crippen LogP contribution is 2.24. The summed E-state index contributed by atoms with van der Waals surface area (Å²) in [6.07, 6.45) is 0. The average molecular weight is 394 g/mol. The van der Waals surface area contributed by atoms with Gasteiger partial charge in [-0.2, -0.15) is 0 Å². The fourth-order valence-electron chi connectivity index (χ4n) is 2.23. The van der Waals surface area contributed by atoms with Gasteiger partial charge in [0.05, 0.1) is 0 Å². The first-order valence-electron chi connectivity index (χ1n) is 7.67. The second kappa shape index (κ2) is 8.13. The molecule has 25 heavy (non-hydrogen) atoms. The first kappa shape index (κ1) is 18.1. The van der Waals surface area contributed by atoms with Gasteiger partial charge < -0.3 is 9.30 Å². The first-order valence-corrected chi connectivity index (χ1v) is 9.41. The molecule has 0 unspecified atom stereocenters. The van der Waals surface area contributed by atoms with Crippen LogP contribution in [0, 0.1) is 6.92 Å². The Kier molecular flexibility index (Phi) is 5.89. The lowest BCUT2D eigenvalue weighted by molar-refractivity contribution is 0.290. The zero-order valence-corrected chi connectivity index (χ0v) is 16.2. The van der Waals surface area contributed by atoms with Gasteiger partial charge >= 0.3 is 0 Å².